The number of aromatic nitrogens is 2. The van der Waals surface area contributed by atoms with Crippen LogP contribution in [0.4, 0.5) is 10.7 Å². The minimum absolute atomic E-state index is 0.0535. The van der Waals surface area contributed by atoms with Gasteiger partial charge in [-0.1, -0.05) is 13.3 Å². The number of carbonyl (C=O) groups excluding carboxylic acids is 1. The minimum atomic E-state index is -0.925. The van der Waals surface area contributed by atoms with E-state index in [1.54, 1.807) is 13.0 Å². The predicted octanol–water partition coefficient (Wildman–Crippen LogP) is 1.42. The molecule has 3 N–H and O–H groups in total. The first-order valence-corrected chi connectivity index (χ1v) is 6.63. The number of amides is 2. The lowest BCUT2D eigenvalue weighted by molar-refractivity contribution is -0.141. The summed E-state index contributed by atoms with van der Waals surface area (Å²) in [6, 6.07) is 1.08. The van der Waals surface area contributed by atoms with Crippen molar-refractivity contribution in [2.24, 2.45) is 5.92 Å². The molecule has 0 fully saturated rings. The number of anilines is 1. The second-order valence-corrected chi connectivity index (χ2v) is 4.53. The zero-order chi connectivity index (χ0) is 15.8. The molecule has 1 atom stereocenters. The third-order valence-electron chi connectivity index (χ3n) is 2.76. The van der Waals surface area contributed by atoms with Crippen molar-refractivity contribution in [3.8, 4) is 5.88 Å². The lowest BCUT2D eigenvalue weighted by Gasteiger charge is -2.12. The fourth-order valence-electron chi connectivity index (χ4n) is 1.72. The first-order chi connectivity index (χ1) is 9.96. The molecule has 116 valence electrons. The van der Waals surface area contributed by atoms with Gasteiger partial charge in [0.1, 0.15) is 0 Å². The van der Waals surface area contributed by atoms with Crippen LogP contribution in [0.2, 0.25) is 0 Å². The molecule has 1 heterocycles. The Bertz CT molecular complexity index is 507. The van der Waals surface area contributed by atoms with Crippen LogP contribution in [0.3, 0.4) is 0 Å². The van der Waals surface area contributed by atoms with Gasteiger partial charge in [0.2, 0.25) is 11.8 Å². The second kappa shape index (κ2) is 8.03. The monoisotopic (exact) mass is 296 g/mol. The number of nitrogens with one attached hydrogen (secondary N) is 2. The first-order valence-electron chi connectivity index (χ1n) is 6.63. The Morgan fingerprint density at radius 3 is 2.71 bits per heavy atom. The number of rotatable bonds is 7. The summed E-state index contributed by atoms with van der Waals surface area (Å²) < 4.78 is 4.98. The van der Waals surface area contributed by atoms with Gasteiger partial charge in [-0.05, 0) is 13.3 Å². The van der Waals surface area contributed by atoms with E-state index >= 15 is 0 Å². The number of hydrogen-bond acceptors (Lipinski definition) is 5. The Hall–Kier alpha value is -2.38. The van der Waals surface area contributed by atoms with E-state index in [1.165, 1.54) is 7.11 Å². The molecule has 1 aromatic heterocycles. The summed E-state index contributed by atoms with van der Waals surface area (Å²) in [6.07, 6.45) is 1.24. The zero-order valence-electron chi connectivity index (χ0n) is 12.3. The SMILES string of the molecule is CCCC(CNC(=O)Nc1nc(C)cc(OC)n1)C(=O)O. The maximum absolute atomic E-state index is 11.7. The number of carboxylic acid groups (broad SMARTS) is 1. The van der Waals surface area contributed by atoms with E-state index in [0.29, 0.717) is 18.0 Å². The van der Waals surface area contributed by atoms with Gasteiger partial charge in [0, 0.05) is 18.3 Å². The molecule has 0 radical (unpaired) electrons. The molecule has 0 aliphatic heterocycles. The van der Waals surface area contributed by atoms with Crippen molar-refractivity contribution in [1.82, 2.24) is 15.3 Å². The molecule has 2 amide bonds. The topological polar surface area (TPSA) is 113 Å². The molecule has 8 nitrogen and oxygen atoms in total. The average molecular weight is 296 g/mol. The van der Waals surface area contributed by atoms with E-state index in [0.717, 1.165) is 6.42 Å². The fraction of sp³-hybridized carbons (Fsp3) is 0.538. The standard InChI is InChI=1S/C13H20N4O4/c1-4-5-9(11(18)19)7-14-13(20)17-12-15-8(2)6-10(16-12)21-3/h6,9H,4-5,7H2,1-3H3,(H,18,19)(H2,14,15,16,17,20). The van der Waals surface area contributed by atoms with E-state index in [9.17, 15) is 9.59 Å². The maximum atomic E-state index is 11.7. The van der Waals surface area contributed by atoms with Crippen molar-refractivity contribution >= 4 is 17.9 Å². The number of urea groups is 1. The van der Waals surface area contributed by atoms with Crippen molar-refractivity contribution < 1.29 is 19.4 Å². The van der Waals surface area contributed by atoms with Crippen LogP contribution in [-0.2, 0) is 4.79 Å². The lowest BCUT2D eigenvalue weighted by atomic mass is 10.0. The number of carbonyl (C=O) groups is 2. The summed E-state index contributed by atoms with van der Waals surface area (Å²) in [5.41, 5.74) is 0.645. The van der Waals surface area contributed by atoms with Crippen LogP contribution < -0.4 is 15.4 Å². The normalized spacial score (nSPS) is 11.6. The van der Waals surface area contributed by atoms with Crippen molar-refractivity contribution in [2.45, 2.75) is 26.7 Å². The molecule has 0 aromatic carbocycles. The summed E-state index contributed by atoms with van der Waals surface area (Å²) >= 11 is 0. The molecule has 21 heavy (non-hydrogen) atoms. The molecule has 1 unspecified atom stereocenters. The molecule has 0 saturated heterocycles. The molecule has 1 rings (SSSR count). The molecule has 0 aliphatic rings. The summed E-state index contributed by atoms with van der Waals surface area (Å²) in [5, 5.41) is 14.0. The van der Waals surface area contributed by atoms with Crippen LogP contribution in [0.15, 0.2) is 6.07 Å². The summed E-state index contributed by atoms with van der Waals surface area (Å²) in [6.45, 7) is 3.69. The van der Waals surface area contributed by atoms with Crippen molar-refractivity contribution in [3.63, 3.8) is 0 Å². The molecular weight excluding hydrogens is 276 g/mol. The highest BCUT2D eigenvalue weighted by Gasteiger charge is 2.17. The predicted molar refractivity (Wildman–Crippen MR) is 76.4 cm³/mol. The van der Waals surface area contributed by atoms with Crippen LogP contribution in [0.1, 0.15) is 25.5 Å². The minimum Gasteiger partial charge on any atom is -0.481 e. The molecule has 8 heteroatoms. The number of nitrogens with zero attached hydrogens (tertiary/aromatic N) is 2. The highest BCUT2D eigenvalue weighted by Crippen LogP contribution is 2.11. The summed E-state index contributed by atoms with van der Waals surface area (Å²) in [5.74, 6) is -1.08. The number of carboxylic acids is 1. The highest BCUT2D eigenvalue weighted by atomic mass is 16.5. The van der Waals surface area contributed by atoms with E-state index in [1.807, 2.05) is 6.92 Å². The number of ether oxygens (including phenoxy) is 1. The zero-order valence-corrected chi connectivity index (χ0v) is 12.3. The Morgan fingerprint density at radius 2 is 2.14 bits per heavy atom. The number of aliphatic carboxylic acids is 1. The van der Waals surface area contributed by atoms with Crippen molar-refractivity contribution in [3.05, 3.63) is 11.8 Å². The van der Waals surface area contributed by atoms with Crippen molar-refractivity contribution in [2.75, 3.05) is 19.0 Å². The average Bonchev–Trinajstić information content (AvgIpc) is 2.42. The van der Waals surface area contributed by atoms with Gasteiger partial charge < -0.3 is 15.2 Å². The smallest absolute Gasteiger partial charge is 0.321 e. The Kier molecular flexibility index (Phi) is 6.38. The maximum Gasteiger partial charge on any atom is 0.321 e. The molecular formula is C13H20N4O4. The molecule has 0 spiro atoms. The molecule has 0 bridgehead atoms. The van der Waals surface area contributed by atoms with E-state index in [-0.39, 0.29) is 12.5 Å². The Balaban J connectivity index is 2.57. The van der Waals surface area contributed by atoms with Crippen LogP contribution in [0.5, 0.6) is 5.88 Å². The van der Waals surface area contributed by atoms with Crippen LogP contribution in [-0.4, -0.2) is 40.7 Å². The van der Waals surface area contributed by atoms with Crippen LogP contribution in [0, 0.1) is 12.8 Å². The van der Waals surface area contributed by atoms with Gasteiger partial charge in [-0.2, -0.15) is 4.98 Å². The quantitative estimate of drug-likeness (QED) is 0.701. The van der Waals surface area contributed by atoms with Gasteiger partial charge in [-0.3, -0.25) is 10.1 Å². The first kappa shape index (κ1) is 16.7. The van der Waals surface area contributed by atoms with E-state index < -0.39 is 17.9 Å². The second-order valence-electron chi connectivity index (χ2n) is 4.53. The summed E-state index contributed by atoms with van der Waals surface area (Å²) in [7, 11) is 1.47. The van der Waals surface area contributed by atoms with Gasteiger partial charge in [0.15, 0.2) is 0 Å². The van der Waals surface area contributed by atoms with E-state index in [2.05, 4.69) is 20.6 Å². The molecule has 0 saturated carbocycles. The Labute approximate surface area is 122 Å². The molecule has 0 aliphatic carbocycles. The Morgan fingerprint density at radius 1 is 1.43 bits per heavy atom. The van der Waals surface area contributed by atoms with Crippen LogP contribution in [0.25, 0.3) is 0 Å². The van der Waals surface area contributed by atoms with Gasteiger partial charge in [0.25, 0.3) is 0 Å². The highest BCUT2D eigenvalue weighted by molar-refractivity contribution is 5.87. The number of hydrogen-bond donors (Lipinski definition) is 3. The largest absolute Gasteiger partial charge is 0.481 e. The lowest BCUT2D eigenvalue weighted by Crippen LogP contribution is -2.36. The van der Waals surface area contributed by atoms with Crippen LogP contribution >= 0.6 is 0 Å². The van der Waals surface area contributed by atoms with Gasteiger partial charge in [-0.25, -0.2) is 9.78 Å². The molecule has 1 aromatic rings. The van der Waals surface area contributed by atoms with Gasteiger partial charge in [-0.15, -0.1) is 0 Å². The number of aryl methyl sites for hydroxylation is 1. The number of methoxy groups -OCH3 is 1. The van der Waals surface area contributed by atoms with Crippen molar-refractivity contribution in [1.29, 1.82) is 0 Å². The van der Waals surface area contributed by atoms with Gasteiger partial charge in [0.05, 0.1) is 13.0 Å². The fourth-order valence-corrected chi connectivity index (χ4v) is 1.72. The third kappa shape index (κ3) is 5.64. The van der Waals surface area contributed by atoms with E-state index in [4.69, 9.17) is 9.84 Å². The third-order valence-corrected chi connectivity index (χ3v) is 2.76. The summed E-state index contributed by atoms with van der Waals surface area (Å²) in [4.78, 5) is 30.7. The van der Waals surface area contributed by atoms with Gasteiger partial charge >= 0.3 is 12.0 Å².